The van der Waals surface area contributed by atoms with Gasteiger partial charge in [-0.25, -0.2) is 0 Å². The molecule has 5 nitrogen and oxygen atoms in total. The Labute approximate surface area is 114 Å². The highest BCUT2D eigenvalue weighted by Crippen LogP contribution is 2.42. The van der Waals surface area contributed by atoms with E-state index in [2.05, 4.69) is 17.4 Å². The molecule has 108 valence electrons. The Kier molecular flexibility index (Phi) is 4.32. The van der Waals surface area contributed by atoms with E-state index in [1.807, 2.05) is 0 Å². The standard InChI is InChI=1S/C14H25N3O2/c1-2-10-6-3-4-7-11(10)16-13(18)14(8-5-9-14)12(15)17-19/h10-11,19H,2-9H2,1H3,(H2,15,17)(H,16,18). The van der Waals surface area contributed by atoms with Crippen molar-refractivity contribution in [3.05, 3.63) is 0 Å². The van der Waals surface area contributed by atoms with Gasteiger partial charge in [0.25, 0.3) is 0 Å². The number of amides is 1. The van der Waals surface area contributed by atoms with Crippen LogP contribution >= 0.6 is 0 Å². The SMILES string of the molecule is CCC1CCCCC1NC(=O)C1(C(N)=NO)CCC1. The summed E-state index contributed by atoms with van der Waals surface area (Å²) in [6, 6.07) is 0.259. The van der Waals surface area contributed by atoms with Crippen molar-refractivity contribution in [3.8, 4) is 0 Å². The fourth-order valence-corrected chi connectivity index (χ4v) is 3.42. The third-order valence-corrected chi connectivity index (χ3v) is 4.99. The minimum Gasteiger partial charge on any atom is -0.409 e. The molecule has 2 unspecified atom stereocenters. The van der Waals surface area contributed by atoms with Crippen LogP contribution in [0.1, 0.15) is 58.3 Å². The molecule has 1 amide bonds. The molecular weight excluding hydrogens is 242 g/mol. The van der Waals surface area contributed by atoms with Crippen molar-refractivity contribution in [1.29, 1.82) is 0 Å². The number of carbonyl (C=O) groups is 1. The van der Waals surface area contributed by atoms with Gasteiger partial charge in [0.2, 0.25) is 5.91 Å². The Morgan fingerprint density at radius 3 is 2.58 bits per heavy atom. The van der Waals surface area contributed by atoms with Gasteiger partial charge in [0.15, 0.2) is 5.84 Å². The van der Waals surface area contributed by atoms with E-state index >= 15 is 0 Å². The Morgan fingerprint density at radius 2 is 2.05 bits per heavy atom. The normalized spacial score (nSPS) is 30.5. The number of nitrogens with two attached hydrogens (primary N) is 1. The number of oxime groups is 1. The summed E-state index contributed by atoms with van der Waals surface area (Å²) in [5.74, 6) is 0.599. The molecule has 2 atom stereocenters. The Morgan fingerprint density at radius 1 is 1.37 bits per heavy atom. The number of rotatable bonds is 4. The lowest BCUT2D eigenvalue weighted by Crippen LogP contribution is -2.57. The number of hydrogen-bond donors (Lipinski definition) is 3. The van der Waals surface area contributed by atoms with Gasteiger partial charge in [-0.1, -0.05) is 37.8 Å². The van der Waals surface area contributed by atoms with Crippen molar-refractivity contribution in [2.75, 3.05) is 0 Å². The summed E-state index contributed by atoms with van der Waals surface area (Å²) in [5, 5.41) is 15.1. The van der Waals surface area contributed by atoms with Crippen LogP contribution in [-0.4, -0.2) is 23.0 Å². The predicted molar refractivity (Wildman–Crippen MR) is 73.9 cm³/mol. The molecule has 2 saturated carbocycles. The lowest BCUT2D eigenvalue weighted by atomic mass is 9.66. The van der Waals surface area contributed by atoms with Gasteiger partial charge < -0.3 is 16.3 Å². The molecule has 0 aromatic rings. The lowest BCUT2D eigenvalue weighted by molar-refractivity contribution is -0.132. The highest BCUT2D eigenvalue weighted by Gasteiger charge is 2.49. The van der Waals surface area contributed by atoms with Gasteiger partial charge in [-0.15, -0.1) is 0 Å². The summed E-state index contributed by atoms with van der Waals surface area (Å²) >= 11 is 0. The second-order valence-corrected chi connectivity index (χ2v) is 5.95. The van der Waals surface area contributed by atoms with Crippen LogP contribution in [0, 0.1) is 11.3 Å². The highest BCUT2D eigenvalue weighted by atomic mass is 16.4. The van der Waals surface area contributed by atoms with Crippen LogP contribution < -0.4 is 11.1 Å². The zero-order valence-electron chi connectivity index (χ0n) is 11.7. The van der Waals surface area contributed by atoms with Crippen molar-refractivity contribution in [3.63, 3.8) is 0 Å². The molecule has 0 aromatic carbocycles. The summed E-state index contributed by atoms with van der Waals surface area (Å²) in [6.45, 7) is 2.18. The monoisotopic (exact) mass is 267 g/mol. The van der Waals surface area contributed by atoms with Gasteiger partial charge in [-0.05, 0) is 31.6 Å². The van der Waals surface area contributed by atoms with E-state index in [1.165, 1.54) is 19.3 Å². The molecule has 0 bridgehead atoms. The van der Waals surface area contributed by atoms with Crippen LogP contribution in [0.2, 0.25) is 0 Å². The number of carbonyl (C=O) groups excluding carboxylic acids is 1. The van der Waals surface area contributed by atoms with E-state index in [-0.39, 0.29) is 17.8 Å². The fraction of sp³-hybridized carbons (Fsp3) is 0.857. The molecule has 4 N–H and O–H groups in total. The second-order valence-electron chi connectivity index (χ2n) is 5.95. The van der Waals surface area contributed by atoms with Crippen LogP contribution in [-0.2, 0) is 4.79 Å². The molecule has 0 radical (unpaired) electrons. The van der Waals surface area contributed by atoms with Crippen LogP contribution in [0.5, 0.6) is 0 Å². The zero-order chi connectivity index (χ0) is 13.9. The first-order chi connectivity index (χ1) is 9.14. The van der Waals surface area contributed by atoms with Gasteiger partial charge >= 0.3 is 0 Å². The van der Waals surface area contributed by atoms with Crippen molar-refractivity contribution >= 4 is 11.7 Å². The molecule has 2 rings (SSSR count). The Hall–Kier alpha value is -1.26. The summed E-state index contributed by atoms with van der Waals surface area (Å²) in [7, 11) is 0. The van der Waals surface area contributed by atoms with Gasteiger partial charge in [-0.2, -0.15) is 0 Å². The van der Waals surface area contributed by atoms with Crippen LogP contribution in [0.15, 0.2) is 5.16 Å². The number of nitrogens with one attached hydrogen (secondary N) is 1. The summed E-state index contributed by atoms with van der Waals surface area (Å²) < 4.78 is 0. The molecule has 5 heteroatoms. The van der Waals surface area contributed by atoms with Gasteiger partial charge in [0.05, 0.1) is 0 Å². The third-order valence-electron chi connectivity index (χ3n) is 4.99. The minimum absolute atomic E-state index is 0.0422. The van der Waals surface area contributed by atoms with E-state index in [0.717, 1.165) is 19.3 Å². The van der Waals surface area contributed by atoms with Gasteiger partial charge in [-0.3, -0.25) is 4.79 Å². The minimum atomic E-state index is -0.746. The molecule has 0 saturated heterocycles. The molecule has 0 aliphatic heterocycles. The number of hydrogen-bond acceptors (Lipinski definition) is 3. The summed E-state index contributed by atoms with van der Waals surface area (Å²) in [4.78, 5) is 12.5. The van der Waals surface area contributed by atoms with Crippen molar-refractivity contribution < 1.29 is 10.0 Å². The average Bonchev–Trinajstić information content (AvgIpc) is 2.37. The van der Waals surface area contributed by atoms with Crippen molar-refractivity contribution in [2.24, 2.45) is 22.2 Å². The van der Waals surface area contributed by atoms with Crippen LogP contribution in [0.25, 0.3) is 0 Å². The topological polar surface area (TPSA) is 87.7 Å². The van der Waals surface area contributed by atoms with Gasteiger partial charge in [0, 0.05) is 6.04 Å². The maximum Gasteiger partial charge on any atom is 0.234 e. The first kappa shape index (κ1) is 14.2. The Bertz CT molecular complexity index is 364. The van der Waals surface area contributed by atoms with Crippen LogP contribution in [0.3, 0.4) is 0 Å². The second kappa shape index (κ2) is 5.80. The molecule has 0 heterocycles. The van der Waals surface area contributed by atoms with E-state index in [4.69, 9.17) is 10.9 Å². The zero-order valence-corrected chi connectivity index (χ0v) is 11.7. The van der Waals surface area contributed by atoms with Gasteiger partial charge in [0.1, 0.15) is 5.41 Å². The molecule has 2 aliphatic carbocycles. The largest absolute Gasteiger partial charge is 0.409 e. The average molecular weight is 267 g/mol. The third kappa shape index (κ3) is 2.55. The lowest BCUT2D eigenvalue weighted by Gasteiger charge is -2.41. The fourth-order valence-electron chi connectivity index (χ4n) is 3.42. The molecule has 0 aromatic heterocycles. The maximum absolute atomic E-state index is 12.5. The highest BCUT2D eigenvalue weighted by molar-refractivity contribution is 6.07. The number of nitrogens with zero attached hydrogens (tertiary/aromatic N) is 1. The molecule has 2 aliphatic rings. The predicted octanol–water partition coefficient (Wildman–Crippen LogP) is 1.99. The van der Waals surface area contributed by atoms with Crippen molar-refractivity contribution in [2.45, 2.75) is 64.3 Å². The molecular formula is C14H25N3O2. The van der Waals surface area contributed by atoms with E-state index in [1.54, 1.807) is 0 Å². The first-order valence-corrected chi connectivity index (χ1v) is 7.43. The number of amidine groups is 1. The molecule has 19 heavy (non-hydrogen) atoms. The quantitative estimate of drug-likeness (QED) is 0.315. The van der Waals surface area contributed by atoms with E-state index < -0.39 is 5.41 Å². The summed E-state index contributed by atoms with van der Waals surface area (Å²) in [6.07, 6.45) is 8.13. The Balaban J connectivity index is 2.03. The van der Waals surface area contributed by atoms with Crippen molar-refractivity contribution in [1.82, 2.24) is 5.32 Å². The molecule has 0 spiro atoms. The summed E-state index contributed by atoms with van der Waals surface area (Å²) in [5.41, 5.74) is 4.98. The van der Waals surface area contributed by atoms with E-state index in [9.17, 15) is 4.79 Å². The van der Waals surface area contributed by atoms with E-state index in [0.29, 0.717) is 18.8 Å². The smallest absolute Gasteiger partial charge is 0.234 e. The molecule has 2 fully saturated rings. The van der Waals surface area contributed by atoms with Crippen LogP contribution in [0.4, 0.5) is 0 Å². The maximum atomic E-state index is 12.5. The first-order valence-electron chi connectivity index (χ1n) is 7.43.